The smallest absolute Gasteiger partial charge is 0.406 e. The second kappa shape index (κ2) is 5.30. The van der Waals surface area contributed by atoms with E-state index >= 15 is 0 Å². The number of nitrogens with two attached hydrogens (primary N) is 1. The van der Waals surface area contributed by atoms with Gasteiger partial charge in [-0.15, -0.1) is 0 Å². The number of urea groups is 1. The lowest BCUT2D eigenvalue weighted by Gasteiger charge is -2.04. The molecule has 11 heavy (non-hydrogen) atoms. The lowest BCUT2D eigenvalue weighted by atomic mass is 10.8. The van der Waals surface area contributed by atoms with Gasteiger partial charge in [-0.2, -0.15) is 0 Å². The molecule has 0 aliphatic heterocycles. The molecule has 3 amide bonds. The van der Waals surface area contributed by atoms with E-state index in [-0.39, 0.29) is 13.3 Å². The zero-order chi connectivity index (χ0) is 8.69. The van der Waals surface area contributed by atoms with E-state index in [2.05, 4.69) is 10.6 Å². The Balaban J connectivity index is 3.24. The van der Waals surface area contributed by atoms with Gasteiger partial charge in [0.15, 0.2) is 0 Å². The molecule has 0 saturated carbocycles. The van der Waals surface area contributed by atoms with Gasteiger partial charge < -0.3 is 26.8 Å². The van der Waals surface area contributed by atoms with Crippen molar-refractivity contribution in [1.82, 2.24) is 16.0 Å². The number of hydrogen-bond donors (Lipinski definition) is 5. The van der Waals surface area contributed by atoms with Crippen LogP contribution in [0.25, 0.3) is 0 Å². The zero-order valence-electron chi connectivity index (χ0n) is 5.76. The molecule has 0 saturated heterocycles. The molecule has 0 rings (SSSR count). The second-order valence-corrected chi connectivity index (χ2v) is 1.55. The zero-order valence-corrected chi connectivity index (χ0v) is 5.76. The minimum absolute atomic E-state index is 0.0128. The molecule has 7 heteroatoms. The largest absolute Gasteiger partial charge is 0.465 e. The molecule has 0 aliphatic rings. The molecule has 0 aromatic heterocycles. The summed E-state index contributed by atoms with van der Waals surface area (Å²) in [6.45, 7) is -0.125. The first-order valence-electron chi connectivity index (χ1n) is 2.85. The molecule has 64 valence electrons. The number of hydrogen-bond acceptors (Lipinski definition) is 3. The van der Waals surface area contributed by atoms with Crippen LogP contribution < -0.4 is 21.7 Å². The Hall–Kier alpha value is -1.50. The number of amides is 3. The molecule has 0 unspecified atom stereocenters. The lowest BCUT2D eigenvalue weighted by Crippen LogP contribution is -2.43. The minimum atomic E-state index is -1.20. The summed E-state index contributed by atoms with van der Waals surface area (Å²) < 4.78 is 0. The van der Waals surface area contributed by atoms with Crippen molar-refractivity contribution < 1.29 is 14.7 Å². The van der Waals surface area contributed by atoms with E-state index in [1.54, 1.807) is 0 Å². The first-order valence-corrected chi connectivity index (χ1v) is 2.85. The van der Waals surface area contributed by atoms with E-state index in [1.807, 2.05) is 5.32 Å². The molecular formula is C4H10N4O3. The SMILES string of the molecule is NCNC(=O)NCNC(=O)O. The standard InChI is InChI=1S/C4H10N4O3/c5-1-6-3(9)7-2-8-4(10)11/h8H,1-2,5H2,(H,10,11)(H2,6,7,9). The van der Waals surface area contributed by atoms with E-state index < -0.39 is 12.1 Å². The van der Waals surface area contributed by atoms with Crippen molar-refractivity contribution in [2.24, 2.45) is 5.73 Å². The Morgan fingerprint density at radius 2 is 1.91 bits per heavy atom. The Bertz CT molecular complexity index is 148. The summed E-state index contributed by atoms with van der Waals surface area (Å²) in [5.74, 6) is 0. The van der Waals surface area contributed by atoms with E-state index in [0.29, 0.717) is 0 Å². The Morgan fingerprint density at radius 1 is 1.27 bits per heavy atom. The van der Waals surface area contributed by atoms with Gasteiger partial charge in [-0.3, -0.25) is 0 Å². The number of carboxylic acid groups (broad SMARTS) is 1. The third-order valence-corrected chi connectivity index (χ3v) is 0.751. The van der Waals surface area contributed by atoms with Crippen molar-refractivity contribution in [3.05, 3.63) is 0 Å². The van der Waals surface area contributed by atoms with Crippen LogP contribution >= 0.6 is 0 Å². The summed E-state index contributed by atoms with van der Waals surface area (Å²) in [6, 6.07) is -0.513. The van der Waals surface area contributed by atoms with Gasteiger partial charge >= 0.3 is 12.1 Å². The fraction of sp³-hybridized carbons (Fsp3) is 0.500. The molecule has 0 aromatic rings. The van der Waals surface area contributed by atoms with Gasteiger partial charge in [-0.05, 0) is 0 Å². The normalized spacial score (nSPS) is 8.45. The van der Waals surface area contributed by atoms with Gasteiger partial charge in [-0.25, -0.2) is 9.59 Å². The maximum atomic E-state index is 10.5. The minimum Gasteiger partial charge on any atom is -0.465 e. The molecule has 0 fully saturated rings. The third kappa shape index (κ3) is 6.38. The van der Waals surface area contributed by atoms with E-state index in [9.17, 15) is 9.59 Å². The second-order valence-electron chi connectivity index (χ2n) is 1.55. The van der Waals surface area contributed by atoms with Crippen LogP contribution in [0.3, 0.4) is 0 Å². The fourth-order valence-corrected chi connectivity index (χ4v) is 0.355. The van der Waals surface area contributed by atoms with Crippen LogP contribution in [0.15, 0.2) is 0 Å². The molecule has 7 nitrogen and oxygen atoms in total. The highest BCUT2D eigenvalue weighted by Crippen LogP contribution is 1.60. The van der Waals surface area contributed by atoms with Crippen LogP contribution in [0, 0.1) is 0 Å². The highest BCUT2D eigenvalue weighted by Gasteiger charge is 1.96. The molecule has 0 atom stereocenters. The number of carbonyl (C=O) groups is 2. The van der Waals surface area contributed by atoms with Crippen molar-refractivity contribution in [2.75, 3.05) is 13.3 Å². The van der Waals surface area contributed by atoms with E-state index in [1.165, 1.54) is 0 Å². The molecule has 0 radical (unpaired) electrons. The van der Waals surface area contributed by atoms with Gasteiger partial charge in [0.05, 0.1) is 13.3 Å². The molecule has 0 aliphatic carbocycles. The highest BCUT2D eigenvalue weighted by molar-refractivity contribution is 5.74. The van der Waals surface area contributed by atoms with Crippen LogP contribution in [0.4, 0.5) is 9.59 Å². The molecule has 0 spiro atoms. The van der Waals surface area contributed by atoms with E-state index in [0.717, 1.165) is 0 Å². The summed E-state index contributed by atoms with van der Waals surface area (Å²) >= 11 is 0. The maximum absolute atomic E-state index is 10.5. The van der Waals surface area contributed by atoms with Crippen LogP contribution in [0.1, 0.15) is 0 Å². The summed E-state index contributed by atoms with van der Waals surface area (Å²) in [5, 5.41) is 14.4. The quantitative estimate of drug-likeness (QED) is 0.322. The average molecular weight is 162 g/mol. The van der Waals surface area contributed by atoms with Crippen molar-refractivity contribution in [2.45, 2.75) is 0 Å². The van der Waals surface area contributed by atoms with Gasteiger partial charge in [0.1, 0.15) is 0 Å². The highest BCUT2D eigenvalue weighted by atomic mass is 16.4. The predicted octanol–water partition coefficient (Wildman–Crippen LogP) is -1.57. The van der Waals surface area contributed by atoms with Crippen LogP contribution in [0.2, 0.25) is 0 Å². The Morgan fingerprint density at radius 3 is 2.36 bits per heavy atom. The number of carbonyl (C=O) groups excluding carboxylic acids is 1. The van der Waals surface area contributed by atoms with Crippen molar-refractivity contribution in [3.63, 3.8) is 0 Å². The number of rotatable bonds is 3. The molecule has 0 aromatic carbocycles. The summed E-state index contributed by atoms with van der Waals surface area (Å²) in [6.07, 6.45) is -1.20. The molecule has 6 N–H and O–H groups in total. The summed E-state index contributed by atoms with van der Waals surface area (Å²) in [4.78, 5) is 20.3. The lowest BCUT2D eigenvalue weighted by molar-refractivity contribution is 0.193. The van der Waals surface area contributed by atoms with Crippen LogP contribution in [0.5, 0.6) is 0 Å². The molecule has 0 heterocycles. The predicted molar refractivity (Wildman–Crippen MR) is 36.7 cm³/mol. The first-order chi connectivity index (χ1) is 5.16. The molecule has 0 bridgehead atoms. The van der Waals surface area contributed by atoms with Crippen LogP contribution in [-0.4, -0.2) is 30.6 Å². The average Bonchev–Trinajstić information content (AvgIpc) is 1.87. The first kappa shape index (κ1) is 9.50. The van der Waals surface area contributed by atoms with Crippen LogP contribution in [-0.2, 0) is 0 Å². The monoisotopic (exact) mass is 162 g/mol. The summed E-state index contributed by atoms with van der Waals surface area (Å²) in [5.41, 5.74) is 4.95. The van der Waals surface area contributed by atoms with Crippen molar-refractivity contribution >= 4 is 12.1 Å². The number of nitrogens with one attached hydrogen (secondary N) is 3. The van der Waals surface area contributed by atoms with Gasteiger partial charge in [-0.1, -0.05) is 0 Å². The van der Waals surface area contributed by atoms with Crippen molar-refractivity contribution in [1.29, 1.82) is 0 Å². The molecular weight excluding hydrogens is 152 g/mol. The topological polar surface area (TPSA) is 116 Å². The van der Waals surface area contributed by atoms with E-state index in [4.69, 9.17) is 10.8 Å². The Kier molecular flexibility index (Phi) is 4.58. The third-order valence-electron chi connectivity index (χ3n) is 0.751. The summed E-state index contributed by atoms with van der Waals surface area (Å²) in [7, 11) is 0. The Labute approximate surface area is 62.9 Å². The van der Waals surface area contributed by atoms with Crippen molar-refractivity contribution in [3.8, 4) is 0 Å². The fourth-order valence-electron chi connectivity index (χ4n) is 0.355. The van der Waals surface area contributed by atoms with Gasteiger partial charge in [0.25, 0.3) is 0 Å². The van der Waals surface area contributed by atoms with Gasteiger partial charge in [0.2, 0.25) is 0 Å². The maximum Gasteiger partial charge on any atom is 0.406 e. The van der Waals surface area contributed by atoms with Gasteiger partial charge in [0, 0.05) is 0 Å².